The van der Waals surface area contributed by atoms with Crippen molar-refractivity contribution >= 4 is 0 Å². The van der Waals surface area contributed by atoms with E-state index in [9.17, 15) is 0 Å². The standard InChI is InChI=1S/C13H17N3O/c1-16(9-11-3-2-6-15-8-11)10-13-5-4-12(7-14)17-13/h2-6,8H,7,9-10,14H2,1H3. The third kappa shape index (κ3) is 3.41. The van der Waals surface area contributed by atoms with Crippen LogP contribution in [0.4, 0.5) is 0 Å². The molecule has 0 radical (unpaired) electrons. The summed E-state index contributed by atoms with van der Waals surface area (Å²) >= 11 is 0. The molecular weight excluding hydrogens is 214 g/mol. The van der Waals surface area contributed by atoms with Crippen molar-refractivity contribution in [1.82, 2.24) is 9.88 Å². The summed E-state index contributed by atoms with van der Waals surface area (Å²) in [5.41, 5.74) is 6.70. The van der Waals surface area contributed by atoms with Crippen molar-refractivity contribution in [2.75, 3.05) is 7.05 Å². The van der Waals surface area contributed by atoms with E-state index in [1.165, 1.54) is 5.56 Å². The minimum atomic E-state index is 0.451. The molecule has 2 aromatic heterocycles. The maximum Gasteiger partial charge on any atom is 0.118 e. The number of nitrogens with zero attached hydrogens (tertiary/aromatic N) is 2. The highest BCUT2D eigenvalue weighted by Crippen LogP contribution is 2.11. The van der Waals surface area contributed by atoms with Crippen LogP contribution in [0, 0.1) is 0 Å². The Kier molecular flexibility index (Phi) is 3.90. The zero-order valence-electron chi connectivity index (χ0n) is 9.97. The summed E-state index contributed by atoms with van der Waals surface area (Å²) in [6, 6.07) is 7.91. The number of nitrogens with two attached hydrogens (primary N) is 1. The highest BCUT2D eigenvalue weighted by atomic mass is 16.3. The summed E-state index contributed by atoms with van der Waals surface area (Å²) in [6.07, 6.45) is 3.66. The van der Waals surface area contributed by atoms with Crippen LogP contribution in [0.15, 0.2) is 41.1 Å². The van der Waals surface area contributed by atoms with Crippen molar-refractivity contribution in [3.63, 3.8) is 0 Å². The summed E-state index contributed by atoms with van der Waals surface area (Å²) in [5, 5.41) is 0. The normalized spacial score (nSPS) is 11.0. The molecule has 2 aromatic rings. The lowest BCUT2D eigenvalue weighted by atomic mass is 10.2. The maximum atomic E-state index is 5.56. The van der Waals surface area contributed by atoms with Gasteiger partial charge in [0.25, 0.3) is 0 Å². The lowest BCUT2D eigenvalue weighted by Crippen LogP contribution is -2.16. The van der Waals surface area contributed by atoms with Crippen LogP contribution in [0.3, 0.4) is 0 Å². The SMILES string of the molecule is CN(Cc1cccnc1)Cc1ccc(CN)o1. The van der Waals surface area contributed by atoms with Gasteiger partial charge in [0, 0.05) is 18.9 Å². The highest BCUT2D eigenvalue weighted by molar-refractivity contribution is 5.09. The molecule has 17 heavy (non-hydrogen) atoms. The fourth-order valence-electron chi connectivity index (χ4n) is 1.74. The lowest BCUT2D eigenvalue weighted by Gasteiger charge is -2.14. The third-order valence-corrected chi connectivity index (χ3v) is 2.52. The van der Waals surface area contributed by atoms with Crippen molar-refractivity contribution < 1.29 is 4.42 Å². The van der Waals surface area contributed by atoms with Gasteiger partial charge in [0.15, 0.2) is 0 Å². The van der Waals surface area contributed by atoms with Gasteiger partial charge in [-0.1, -0.05) is 6.07 Å². The van der Waals surface area contributed by atoms with Gasteiger partial charge in [-0.15, -0.1) is 0 Å². The van der Waals surface area contributed by atoms with Gasteiger partial charge in [0.2, 0.25) is 0 Å². The Balaban J connectivity index is 1.91. The fraction of sp³-hybridized carbons (Fsp3) is 0.308. The topological polar surface area (TPSA) is 55.3 Å². The van der Waals surface area contributed by atoms with Gasteiger partial charge < -0.3 is 10.2 Å². The predicted octanol–water partition coefficient (Wildman–Crippen LogP) is 1.77. The summed E-state index contributed by atoms with van der Waals surface area (Å²) in [6.45, 7) is 2.08. The molecule has 0 bridgehead atoms. The summed E-state index contributed by atoms with van der Waals surface area (Å²) in [5.74, 6) is 1.77. The fourth-order valence-corrected chi connectivity index (χ4v) is 1.74. The lowest BCUT2D eigenvalue weighted by molar-refractivity contribution is 0.283. The van der Waals surface area contributed by atoms with E-state index in [1.807, 2.05) is 24.4 Å². The molecule has 0 aliphatic heterocycles. The van der Waals surface area contributed by atoms with Gasteiger partial charge >= 0.3 is 0 Å². The molecule has 0 fully saturated rings. The number of rotatable bonds is 5. The molecule has 0 aliphatic rings. The van der Waals surface area contributed by atoms with Gasteiger partial charge in [-0.2, -0.15) is 0 Å². The van der Waals surface area contributed by atoms with E-state index < -0.39 is 0 Å². The molecule has 2 N–H and O–H groups in total. The second-order valence-electron chi connectivity index (χ2n) is 4.11. The van der Waals surface area contributed by atoms with E-state index in [-0.39, 0.29) is 0 Å². The van der Waals surface area contributed by atoms with E-state index in [4.69, 9.17) is 10.2 Å². The average molecular weight is 231 g/mol. The summed E-state index contributed by atoms with van der Waals surface area (Å²) in [4.78, 5) is 6.27. The second-order valence-corrected chi connectivity index (χ2v) is 4.11. The molecule has 0 amide bonds. The third-order valence-electron chi connectivity index (χ3n) is 2.52. The number of aromatic nitrogens is 1. The van der Waals surface area contributed by atoms with Gasteiger partial charge in [0.05, 0.1) is 13.1 Å². The van der Waals surface area contributed by atoms with Crippen LogP contribution in [-0.2, 0) is 19.6 Å². The number of furan rings is 1. The van der Waals surface area contributed by atoms with Crippen LogP contribution in [-0.4, -0.2) is 16.9 Å². The largest absolute Gasteiger partial charge is 0.463 e. The Hall–Kier alpha value is -1.65. The van der Waals surface area contributed by atoms with E-state index >= 15 is 0 Å². The van der Waals surface area contributed by atoms with E-state index in [0.717, 1.165) is 24.6 Å². The molecule has 0 spiro atoms. The summed E-state index contributed by atoms with van der Waals surface area (Å²) < 4.78 is 5.56. The number of pyridine rings is 1. The molecule has 90 valence electrons. The predicted molar refractivity (Wildman–Crippen MR) is 66.0 cm³/mol. The van der Waals surface area contributed by atoms with Gasteiger partial charge in [0.1, 0.15) is 11.5 Å². The first-order valence-corrected chi connectivity index (χ1v) is 5.63. The maximum absolute atomic E-state index is 5.56. The minimum Gasteiger partial charge on any atom is -0.463 e. The van der Waals surface area contributed by atoms with Gasteiger partial charge in [-0.3, -0.25) is 9.88 Å². The zero-order chi connectivity index (χ0) is 12.1. The Morgan fingerprint density at radius 2 is 2.06 bits per heavy atom. The molecule has 2 rings (SSSR count). The van der Waals surface area contributed by atoms with Crippen LogP contribution < -0.4 is 5.73 Å². The first-order chi connectivity index (χ1) is 8.28. The van der Waals surface area contributed by atoms with Gasteiger partial charge in [-0.25, -0.2) is 0 Å². The molecule has 0 atom stereocenters. The molecular formula is C13H17N3O. The molecule has 0 unspecified atom stereocenters. The van der Waals surface area contributed by atoms with E-state index in [0.29, 0.717) is 6.54 Å². The molecule has 0 saturated heterocycles. The van der Waals surface area contributed by atoms with Gasteiger partial charge in [-0.05, 0) is 30.8 Å². The smallest absolute Gasteiger partial charge is 0.118 e. The van der Waals surface area contributed by atoms with Crippen LogP contribution in [0.2, 0.25) is 0 Å². The van der Waals surface area contributed by atoms with Crippen molar-refractivity contribution in [1.29, 1.82) is 0 Å². The molecule has 0 aromatic carbocycles. The molecule has 0 saturated carbocycles. The second kappa shape index (κ2) is 5.61. The average Bonchev–Trinajstić information content (AvgIpc) is 2.78. The van der Waals surface area contributed by atoms with Crippen molar-refractivity contribution in [3.05, 3.63) is 53.7 Å². The van der Waals surface area contributed by atoms with Crippen LogP contribution in [0.1, 0.15) is 17.1 Å². The monoisotopic (exact) mass is 231 g/mol. The molecule has 4 nitrogen and oxygen atoms in total. The number of hydrogen-bond donors (Lipinski definition) is 1. The first-order valence-electron chi connectivity index (χ1n) is 5.63. The Labute approximate surface area is 101 Å². The quantitative estimate of drug-likeness (QED) is 0.852. The first kappa shape index (κ1) is 11.8. The Morgan fingerprint density at radius 3 is 2.71 bits per heavy atom. The van der Waals surface area contributed by atoms with Crippen LogP contribution in [0.5, 0.6) is 0 Å². The van der Waals surface area contributed by atoms with Crippen LogP contribution >= 0.6 is 0 Å². The van der Waals surface area contributed by atoms with E-state index in [1.54, 1.807) is 6.20 Å². The molecule has 4 heteroatoms. The van der Waals surface area contributed by atoms with Crippen molar-refractivity contribution in [2.45, 2.75) is 19.6 Å². The minimum absolute atomic E-state index is 0.451. The van der Waals surface area contributed by atoms with Crippen molar-refractivity contribution in [2.24, 2.45) is 5.73 Å². The summed E-state index contributed by atoms with van der Waals surface area (Å²) in [7, 11) is 2.05. The molecule has 2 heterocycles. The van der Waals surface area contributed by atoms with E-state index in [2.05, 4.69) is 23.0 Å². The Morgan fingerprint density at radius 1 is 1.24 bits per heavy atom. The number of hydrogen-bond acceptors (Lipinski definition) is 4. The Bertz CT molecular complexity index is 453. The van der Waals surface area contributed by atoms with Crippen molar-refractivity contribution in [3.8, 4) is 0 Å². The van der Waals surface area contributed by atoms with Crippen LogP contribution in [0.25, 0.3) is 0 Å². The highest BCUT2D eigenvalue weighted by Gasteiger charge is 2.05. The molecule has 0 aliphatic carbocycles. The zero-order valence-corrected chi connectivity index (χ0v) is 9.97.